The minimum absolute atomic E-state index is 0.0355. The van der Waals surface area contributed by atoms with Crippen LogP contribution < -0.4 is 10.6 Å². The van der Waals surface area contributed by atoms with Crippen LogP contribution >= 0.6 is 0 Å². The van der Waals surface area contributed by atoms with Crippen molar-refractivity contribution < 1.29 is 9.84 Å². The molecule has 0 bridgehead atoms. The number of ether oxygens (including phenoxy) is 1. The van der Waals surface area contributed by atoms with E-state index >= 15 is 0 Å². The van der Waals surface area contributed by atoms with Gasteiger partial charge in [-0.05, 0) is 6.07 Å². The molecule has 1 aliphatic rings. The summed E-state index contributed by atoms with van der Waals surface area (Å²) in [7, 11) is 0. The highest BCUT2D eigenvalue weighted by Crippen LogP contribution is 2.18. The number of morpholine rings is 1. The number of hydrogen-bond acceptors (Lipinski definition) is 6. The Morgan fingerprint density at radius 3 is 3.24 bits per heavy atom. The smallest absolute Gasteiger partial charge is 0.162 e. The Hall–Kier alpha value is -1.73. The molecule has 2 rings (SSSR count). The van der Waals surface area contributed by atoms with E-state index < -0.39 is 0 Å². The molecule has 4 N–H and O–H groups in total. The SMILES string of the molecule is N=C(N)c1ccnnc1N1CCOC(CO)C1. The van der Waals surface area contributed by atoms with Crippen molar-refractivity contribution in [3.63, 3.8) is 0 Å². The van der Waals surface area contributed by atoms with Crippen LogP contribution in [-0.4, -0.2) is 53.5 Å². The summed E-state index contributed by atoms with van der Waals surface area (Å²) >= 11 is 0. The number of hydrogen-bond donors (Lipinski definition) is 3. The van der Waals surface area contributed by atoms with Crippen LogP contribution in [0.2, 0.25) is 0 Å². The first-order valence-corrected chi connectivity index (χ1v) is 5.36. The Morgan fingerprint density at radius 2 is 2.53 bits per heavy atom. The first-order valence-electron chi connectivity index (χ1n) is 5.36. The summed E-state index contributed by atoms with van der Waals surface area (Å²) in [4.78, 5) is 1.92. The van der Waals surface area contributed by atoms with Gasteiger partial charge in [0.15, 0.2) is 5.82 Å². The van der Waals surface area contributed by atoms with Crippen LogP contribution in [0.1, 0.15) is 5.56 Å². The highest BCUT2D eigenvalue weighted by atomic mass is 16.5. The first kappa shape index (κ1) is 11.7. The Morgan fingerprint density at radius 1 is 1.71 bits per heavy atom. The van der Waals surface area contributed by atoms with Crippen molar-refractivity contribution >= 4 is 11.7 Å². The van der Waals surface area contributed by atoms with Crippen molar-refractivity contribution in [1.29, 1.82) is 5.41 Å². The van der Waals surface area contributed by atoms with Crippen molar-refractivity contribution in [2.24, 2.45) is 5.73 Å². The fourth-order valence-corrected chi connectivity index (χ4v) is 1.79. The molecule has 7 heteroatoms. The monoisotopic (exact) mass is 237 g/mol. The average Bonchev–Trinajstić information content (AvgIpc) is 2.39. The van der Waals surface area contributed by atoms with Crippen LogP contribution in [0.3, 0.4) is 0 Å². The minimum atomic E-state index is -0.231. The van der Waals surface area contributed by atoms with Gasteiger partial charge in [0.05, 0.1) is 31.1 Å². The van der Waals surface area contributed by atoms with Crippen LogP contribution in [0, 0.1) is 5.41 Å². The van der Waals surface area contributed by atoms with E-state index in [1.807, 2.05) is 4.90 Å². The third kappa shape index (κ3) is 2.51. The van der Waals surface area contributed by atoms with Gasteiger partial charge in [0.1, 0.15) is 5.84 Å². The number of rotatable bonds is 3. The molecule has 0 saturated carbocycles. The van der Waals surface area contributed by atoms with Gasteiger partial charge in [-0.25, -0.2) is 0 Å². The van der Waals surface area contributed by atoms with E-state index in [2.05, 4.69) is 10.2 Å². The number of nitrogens with two attached hydrogens (primary N) is 1. The molecule has 1 atom stereocenters. The highest BCUT2D eigenvalue weighted by Gasteiger charge is 2.23. The third-order valence-corrected chi connectivity index (χ3v) is 2.63. The topological polar surface area (TPSA) is 108 Å². The number of nitrogens with one attached hydrogen (secondary N) is 1. The van der Waals surface area contributed by atoms with E-state index in [0.717, 1.165) is 0 Å². The van der Waals surface area contributed by atoms with Crippen molar-refractivity contribution in [3.05, 3.63) is 17.8 Å². The first-order chi connectivity index (χ1) is 8.22. The van der Waals surface area contributed by atoms with Crippen LogP contribution in [0.5, 0.6) is 0 Å². The maximum atomic E-state index is 9.08. The van der Waals surface area contributed by atoms with Gasteiger partial charge in [-0.3, -0.25) is 5.41 Å². The summed E-state index contributed by atoms with van der Waals surface area (Å²) in [6.07, 6.45) is 1.27. The maximum absolute atomic E-state index is 9.08. The third-order valence-electron chi connectivity index (χ3n) is 2.63. The lowest BCUT2D eigenvalue weighted by atomic mass is 10.2. The van der Waals surface area contributed by atoms with Gasteiger partial charge in [0, 0.05) is 13.1 Å². The van der Waals surface area contributed by atoms with Crippen LogP contribution in [0.25, 0.3) is 0 Å². The Balaban J connectivity index is 2.24. The molecule has 7 nitrogen and oxygen atoms in total. The second kappa shape index (κ2) is 5.07. The normalized spacial score (nSPS) is 20.3. The summed E-state index contributed by atoms with van der Waals surface area (Å²) in [5.74, 6) is 0.531. The predicted octanol–water partition coefficient (Wildman–Crippen LogP) is -1.04. The molecule has 0 aliphatic carbocycles. The Kier molecular flexibility index (Phi) is 3.50. The van der Waals surface area contributed by atoms with E-state index in [0.29, 0.717) is 31.1 Å². The summed E-state index contributed by atoms with van der Waals surface area (Å²) in [5.41, 5.74) is 6.05. The molecule has 1 unspecified atom stereocenters. The molecule has 0 aromatic carbocycles. The molecule has 1 aromatic heterocycles. The van der Waals surface area contributed by atoms with E-state index in [1.165, 1.54) is 6.20 Å². The van der Waals surface area contributed by atoms with E-state index in [1.54, 1.807) is 6.07 Å². The predicted molar refractivity (Wildman–Crippen MR) is 62.1 cm³/mol. The number of anilines is 1. The van der Waals surface area contributed by atoms with E-state index in [-0.39, 0.29) is 18.5 Å². The molecule has 92 valence electrons. The number of nitrogen functional groups attached to an aromatic ring is 1. The number of aliphatic hydroxyl groups excluding tert-OH is 1. The molecular formula is C10H15N5O2. The van der Waals surface area contributed by atoms with E-state index in [9.17, 15) is 0 Å². The lowest BCUT2D eigenvalue weighted by molar-refractivity contribution is 0.00331. The largest absolute Gasteiger partial charge is 0.394 e. The summed E-state index contributed by atoms with van der Waals surface area (Å²) < 4.78 is 5.35. The van der Waals surface area contributed by atoms with Gasteiger partial charge in [-0.2, -0.15) is 5.10 Å². The second-order valence-corrected chi connectivity index (χ2v) is 3.80. The molecule has 1 fully saturated rings. The molecule has 0 amide bonds. The zero-order valence-electron chi connectivity index (χ0n) is 9.33. The van der Waals surface area contributed by atoms with Crippen LogP contribution in [-0.2, 0) is 4.74 Å². The lowest BCUT2D eigenvalue weighted by Gasteiger charge is -2.33. The number of nitrogens with zero attached hydrogens (tertiary/aromatic N) is 3. The van der Waals surface area contributed by atoms with Crippen molar-refractivity contribution in [3.8, 4) is 0 Å². The number of amidine groups is 1. The van der Waals surface area contributed by atoms with Crippen molar-refractivity contribution in [2.75, 3.05) is 31.2 Å². The van der Waals surface area contributed by atoms with Gasteiger partial charge in [-0.15, -0.1) is 5.10 Å². The zero-order chi connectivity index (χ0) is 12.3. The fourth-order valence-electron chi connectivity index (χ4n) is 1.79. The molecule has 17 heavy (non-hydrogen) atoms. The lowest BCUT2D eigenvalue weighted by Crippen LogP contribution is -2.45. The molecule has 1 aromatic rings. The summed E-state index contributed by atoms with van der Waals surface area (Å²) in [5, 5.41) is 24.4. The zero-order valence-corrected chi connectivity index (χ0v) is 9.33. The van der Waals surface area contributed by atoms with Gasteiger partial charge >= 0.3 is 0 Å². The van der Waals surface area contributed by atoms with Gasteiger partial charge < -0.3 is 20.5 Å². The van der Waals surface area contributed by atoms with E-state index in [4.69, 9.17) is 21.0 Å². The standard InChI is InChI=1S/C10H15N5O2/c11-9(12)8-1-2-13-14-10(8)15-3-4-17-7(5-15)6-16/h1-2,7,16H,3-6H2,(H3,11,12). The highest BCUT2D eigenvalue weighted by molar-refractivity contribution is 5.99. The average molecular weight is 237 g/mol. The number of aromatic nitrogens is 2. The summed E-state index contributed by atoms with van der Waals surface area (Å²) in [6, 6.07) is 1.66. The maximum Gasteiger partial charge on any atom is 0.162 e. The molecule has 2 heterocycles. The van der Waals surface area contributed by atoms with Crippen LogP contribution in [0.15, 0.2) is 12.3 Å². The van der Waals surface area contributed by atoms with Gasteiger partial charge in [-0.1, -0.05) is 0 Å². The van der Waals surface area contributed by atoms with Gasteiger partial charge in [0.2, 0.25) is 0 Å². The van der Waals surface area contributed by atoms with Gasteiger partial charge in [0.25, 0.3) is 0 Å². The Bertz CT molecular complexity index is 411. The Labute approximate surface area is 98.7 Å². The molecule has 1 aliphatic heterocycles. The quantitative estimate of drug-likeness (QED) is 0.457. The fraction of sp³-hybridized carbons (Fsp3) is 0.500. The molecule has 0 radical (unpaired) electrons. The summed E-state index contributed by atoms with van der Waals surface area (Å²) in [6.45, 7) is 1.65. The number of aliphatic hydroxyl groups is 1. The van der Waals surface area contributed by atoms with Crippen LogP contribution in [0.4, 0.5) is 5.82 Å². The molecule has 0 spiro atoms. The second-order valence-electron chi connectivity index (χ2n) is 3.80. The van der Waals surface area contributed by atoms with Crippen molar-refractivity contribution in [1.82, 2.24) is 10.2 Å². The van der Waals surface area contributed by atoms with Crippen molar-refractivity contribution in [2.45, 2.75) is 6.10 Å². The molecular weight excluding hydrogens is 222 g/mol. The molecule has 1 saturated heterocycles. The minimum Gasteiger partial charge on any atom is -0.394 e.